The third-order valence-corrected chi connectivity index (χ3v) is 3.85. The Hall–Kier alpha value is -3.60. The number of rotatable bonds is 4. The van der Waals surface area contributed by atoms with Crippen molar-refractivity contribution in [1.29, 1.82) is 0 Å². The fraction of sp³-hybridized carbons (Fsp3) is 0.0909. The first-order valence-corrected chi connectivity index (χ1v) is 8.33. The molecule has 1 N–H and O–H groups in total. The Morgan fingerprint density at radius 3 is 1.85 bits per heavy atom. The van der Waals surface area contributed by atoms with Crippen LogP contribution in [0.5, 0.6) is 17.2 Å². The third-order valence-electron chi connectivity index (χ3n) is 3.85. The van der Waals surface area contributed by atoms with Gasteiger partial charge in [-0.05, 0) is 50.2 Å². The van der Waals surface area contributed by atoms with Crippen LogP contribution in [0.25, 0.3) is 0 Å². The van der Waals surface area contributed by atoms with Crippen molar-refractivity contribution in [1.82, 2.24) is 0 Å². The van der Waals surface area contributed by atoms with E-state index >= 15 is 0 Å². The van der Waals surface area contributed by atoms with Crippen molar-refractivity contribution in [3.8, 4) is 17.2 Å². The minimum Gasteiger partial charge on any atom is -0.504 e. The fourth-order valence-electron chi connectivity index (χ4n) is 2.51. The van der Waals surface area contributed by atoms with E-state index in [4.69, 9.17) is 9.47 Å². The molecule has 0 bridgehead atoms. The highest BCUT2D eigenvalue weighted by molar-refractivity contribution is 5.92. The fourth-order valence-corrected chi connectivity index (χ4v) is 2.51. The van der Waals surface area contributed by atoms with Crippen LogP contribution in [0.2, 0.25) is 0 Å². The molecule has 0 fully saturated rings. The normalized spacial score (nSPS) is 10.3. The van der Waals surface area contributed by atoms with Gasteiger partial charge >= 0.3 is 11.9 Å². The first-order valence-electron chi connectivity index (χ1n) is 8.33. The van der Waals surface area contributed by atoms with Gasteiger partial charge in [0.15, 0.2) is 11.5 Å². The van der Waals surface area contributed by atoms with Crippen LogP contribution < -0.4 is 9.47 Å². The summed E-state index contributed by atoms with van der Waals surface area (Å²) >= 11 is 0. The average Bonchev–Trinajstić information content (AvgIpc) is 2.64. The molecular weight excluding hydrogens is 344 g/mol. The number of phenolic OH excluding ortho intramolecular Hbond substituents is 1. The zero-order valence-electron chi connectivity index (χ0n) is 14.9. The Kier molecular flexibility index (Phi) is 5.22. The smallest absolute Gasteiger partial charge is 0.343 e. The molecule has 0 aliphatic rings. The Bertz CT molecular complexity index is 1010. The molecule has 0 saturated heterocycles. The van der Waals surface area contributed by atoms with E-state index in [9.17, 15) is 14.7 Å². The van der Waals surface area contributed by atoms with Crippen molar-refractivity contribution in [2.75, 3.05) is 0 Å². The molecule has 0 aliphatic heterocycles. The quantitative estimate of drug-likeness (QED) is 0.548. The summed E-state index contributed by atoms with van der Waals surface area (Å²) in [6.07, 6.45) is 0. The molecule has 0 radical (unpaired) electrons. The largest absolute Gasteiger partial charge is 0.504 e. The molecule has 0 amide bonds. The summed E-state index contributed by atoms with van der Waals surface area (Å²) < 4.78 is 10.6. The van der Waals surface area contributed by atoms with Crippen molar-refractivity contribution >= 4 is 11.9 Å². The summed E-state index contributed by atoms with van der Waals surface area (Å²) in [5.41, 5.74) is 2.61. The summed E-state index contributed by atoms with van der Waals surface area (Å²) in [4.78, 5) is 24.5. The van der Waals surface area contributed by atoms with Gasteiger partial charge < -0.3 is 14.6 Å². The van der Waals surface area contributed by atoms with Gasteiger partial charge in [0.1, 0.15) is 5.75 Å². The molecule has 3 rings (SSSR count). The maximum Gasteiger partial charge on any atom is 0.343 e. The van der Waals surface area contributed by atoms with Crippen molar-refractivity contribution < 1.29 is 24.2 Å². The van der Waals surface area contributed by atoms with E-state index in [-0.39, 0.29) is 17.2 Å². The predicted octanol–water partition coefficient (Wildman–Crippen LogP) is 4.45. The minimum atomic E-state index is -0.615. The lowest BCUT2D eigenvalue weighted by molar-refractivity contribution is 0.0728. The van der Waals surface area contributed by atoms with E-state index in [1.165, 1.54) is 18.2 Å². The molecule has 0 spiro atoms. The molecule has 136 valence electrons. The van der Waals surface area contributed by atoms with E-state index in [0.717, 1.165) is 11.1 Å². The van der Waals surface area contributed by atoms with E-state index < -0.39 is 11.9 Å². The number of benzene rings is 3. The number of carbonyl (C=O) groups is 2. The molecule has 5 heteroatoms. The first kappa shape index (κ1) is 18.2. The zero-order chi connectivity index (χ0) is 19.4. The molecule has 27 heavy (non-hydrogen) atoms. The summed E-state index contributed by atoms with van der Waals surface area (Å²) in [7, 11) is 0. The van der Waals surface area contributed by atoms with Crippen molar-refractivity contribution in [3.63, 3.8) is 0 Å². The molecular formula is C22H18O5. The van der Waals surface area contributed by atoms with Gasteiger partial charge in [-0.25, -0.2) is 9.59 Å². The molecule has 0 aliphatic carbocycles. The second-order valence-corrected chi connectivity index (χ2v) is 6.15. The maximum atomic E-state index is 12.3. The second kappa shape index (κ2) is 7.74. The first-order chi connectivity index (χ1) is 12.9. The number of hydrogen-bond acceptors (Lipinski definition) is 5. The molecule has 0 unspecified atom stereocenters. The minimum absolute atomic E-state index is 0.0870. The second-order valence-electron chi connectivity index (χ2n) is 6.15. The monoisotopic (exact) mass is 362 g/mol. The summed E-state index contributed by atoms with van der Waals surface area (Å²) in [6.45, 7) is 3.74. The van der Waals surface area contributed by atoms with Crippen molar-refractivity contribution in [3.05, 3.63) is 89.0 Å². The number of carbonyl (C=O) groups excluding carboxylic acids is 2. The molecule has 5 nitrogen and oxygen atoms in total. The number of ether oxygens (including phenoxy) is 2. The van der Waals surface area contributed by atoms with Crippen LogP contribution in [-0.4, -0.2) is 17.0 Å². The van der Waals surface area contributed by atoms with Crippen molar-refractivity contribution in [2.45, 2.75) is 13.8 Å². The molecule has 3 aromatic carbocycles. The van der Waals surface area contributed by atoms with Gasteiger partial charge in [-0.15, -0.1) is 0 Å². The van der Waals surface area contributed by atoms with Gasteiger partial charge in [0.2, 0.25) is 0 Å². The lowest BCUT2D eigenvalue weighted by Crippen LogP contribution is -2.10. The predicted molar refractivity (Wildman–Crippen MR) is 100 cm³/mol. The van der Waals surface area contributed by atoms with Crippen LogP contribution in [-0.2, 0) is 0 Å². The van der Waals surface area contributed by atoms with E-state index in [1.54, 1.807) is 36.4 Å². The number of aromatic hydroxyl groups is 1. The maximum absolute atomic E-state index is 12.3. The van der Waals surface area contributed by atoms with Crippen LogP contribution in [0, 0.1) is 13.8 Å². The molecule has 0 atom stereocenters. The molecule has 0 heterocycles. The van der Waals surface area contributed by atoms with E-state index in [1.807, 2.05) is 26.0 Å². The van der Waals surface area contributed by atoms with Crippen LogP contribution in [0.15, 0.2) is 66.7 Å². The highest BCUT2D eigenvalue weighted by Crippen LogP contribution is 2.31. The van der Waals surface area contributed by atoms with Crippen molar-refractivity contribution in [2.24, 2.45) is 0 Å². The Morgan fingerprint density at radius 1 is 0.741 bits per heavy atom. The summed E-state index contributed by atoms with van der Waals surface area (Å²) in [5, 5.41) is 9.96. The standard InChI is InChI=1S/C22H18O5/c1-14-5-3-7-16(11-14)21(24)26-18-9-10-19(23)20(13-18)27-22(25)17-8-4-6-15(2)12-17/h3-13,23H,1-2H3. The molecule has 3 aromatic rings. The van der Waals surface area contributed by atoms with Gasteiger partial charge in [0.05, 0.1) is 11.1 Å². The van der Waals surface area contributed by atoms with Gasteiger partial charge in [-0.3, -0.25) is 0 Å². The van der Waals surface area contributed by atoms with Gasteiger partial charge in [0.25, 0.3) is 0 Å². The van der Waals surface area contributed by atoms with E-state index in [2.05, 4.69) is 0 Å². The van der Waals surface area contributed by atoms with Gasteiger partial charge in [-0.1, -0.05) is 35.4 Å². The lowest BCUT2D eigenvalue weighted by atomic mass is 10.1. The summed E-state index contributed by atoms with van der Waals surface area (Å²) in [6, 6.07) is 17.9. The third kappa shape index (κ3) is 4.52. The van der Waals surface area contributed by atoms with Gasteiger partial charge in [-0.2, -0.15) is 0 Å². The van der Waals surface area contributed by atoms with Crippen LogP contribution >= 0.6 is 0 Å². The Balaban J connectivity index is 1.78. The molecule has 0 aromatic heterocycles. The highest BCUT2D eigenvalue weighted by atomic mass is 16.5. The lowest BCUT2D eigenvalue weighted by Gasteiger charge is -2.10. The number of aryl methyl sites for hydroxylation is 2. The van der Waals surface area contributed by atoms with Gasteiger partial charge in [0, 0.05) is 6.07 Å². The number of hydrogen-bond donors (Lipinski definition) is 1. The summed E-state index contributed by atoms with van der Waals surface area (Å²) in [5.74, 6) is -1.31. The topological polar surface area (TPSA) is 72.8 Å². The number of esters is 2. The van der Waals surface area contributed by atoms with Crippen LogP contribution in [0.3, 0.4) is 0 Å². The number of phenols is 1. The Labute approximate surface area is 156 Å². The SMILES string of the molecule is Cc1cccc(C(=O)Oc2ccc(O)c(OC(=O)c3cccc(C)c3)c2)c1. The van der Waals surface area contributed by atoms with Crippen LogP contribution in [0.1, 0.15) is 31.8 Å². The van der Waals surface area contributed by atoms with Crippen LogP contribution in [0.4, 0.5) is 0 Å². The van der Waals surface area contributed by atoms with E-state index in [0.29, 0.717) is 11.1 Å². The highest BCUT2D eigenvalue weighted by Gasteiger charge is 2.15. The average molecular weight is 362 g/mol. The molecule has 0 saturated carbocycles. The Morgan fingerprint density at radius 2 is 1.30 bits per heavy atom. The zero-order valence-corrected chi connectivity index (χ0v) is 14.9.